The fourth-order valence-corrected chi connectivity index (χ4v) is 3.09. The molecule has 0 fully saturated rings. The second-order valence-electron chi connectivity index (χ2n) is 4.03. The molecule has 2 aromatic rings. The van der Waals surface area contributed by atoms with E-state index in [0.717, 1.165) is 15.1 Å². The Balaban J connectivity index is 1.90. The van der Waals surface area contributed by atoms with Crippen molar-refractivity contribution in [3.8, 4) is 0 Å². The first kappa shape index (κ1) is 15.2. The first-order valence-corrected chi connectivity index (χ1v) is 7.93. The van der Waals surface area contributed by atoms with Crippen molar-refractivity contribution in [2.75, 3.05) is 16.8 Å². The van der Waals surface area contributed by atoms with E-state index in [9.17, 15) is 4.79 Å². The lowest BCUT2D eigenvalue weighted by atomic mass is 10.3. The maximum Gasteiger partial charge on any atom is 0.234 e. The van der Waals surface area contributed by atoms with Gasteiger partial charge in [0, 0.05) is 25.8 Å². The van der Waals surface area contributed by atoms with Crippen molar-refractivity contribution in [3.05, 3.63) is 52.0 Å². The van der Waals surface area contributed by atoms with Gasteiger partial charge in [-0.05, 0) is 58.4 Å². The number of hydrogen-bond acceptors (Lipinski definition) is 3. The van der Waals surface area contributed by atoms with Gasteiger partial charge in [-0.25, -0.2) is 0 Å². The molecule has 3 N–H and O–H groups in total. The van der Waals surface area contributed by atoms with Gasteiger partial charge in [0.05, 0.1) is 5.75 Å². The summed E-state index contributed by atoms with van der Waals surface area (Å²) in [5.74, 6) is 0.256. The standard InChI is InChI=1S/C14H12BrClN2OS/c15-12-7-10(17)3-6-13(12)20-8-14(19)18-11-4-1-9(16)2-5-11/h1-7H,8,17H2,(H,18,19). The molecule has 0 aliphatic carbocycles. The molecular weight excluding hydrogens is 360 g/mol. The highest BCUT2D eigenvalue weighted by Crippen LogP contribution is 2.29. The number of benzene rings is 2. The highest BCUT2D eigenvalue weighted by molar-refractivity contribution is 9.10. The third-order valence-corrected chi connectivity index (χ3v) is 4.69. The van der Waals surface area contributed by atoms with Crippen molar-refractivity contribution in [1.29, 1.82) is 0 Å². The summed E-state index contributed by atoms with van der Waals surface area (Å²) in [6.07, 6.45) is 0. The SMILES string of the molecule is Nc1ccc(SCC(=O)Nc2ccc(Cl)cc2)c(Br)c1. The lowest BCUT2D eigenvalue weighted by molar-refractivity contribution is -0.113. The van der Waals surface area contributed by atoms with Gasteiger partial charge in [0.1, 0.15) is 0 Å². The van der Waals surface area contributed by atoms with E-state index in [1.807, 2.05) is 18.2 Å². The number of carbonyl (C=O) groups excluding carboxylic acids is 1. The Morgan fingerprint density at radius 1 is 1.25 bits per heavy atom. The van der Waals surface area contributed by atoms with Gasteiger partial charge in [0.15, 0.2) is 0 Å². The molecule has 104 valence electrons. The number of rotatable bonds is 4. The zero-order chi connectivity index (χ0) is 14.5. The normalized spacial score (nSPS) is 10.3. The Morgan fingerprint density at radius 3 is 2.60 bits per heavy atom. The minimum Gasteiger partial charge on any atom is -0.399 e. The molecular formula is C14H12BrClN2OS. The molecule has 0 saturated heterocycles. The van der Waals surface area contributed by atoms with Crippen molar-refractivity contribution in [3.63, 3.8) is 0 Å². The second-order valence-corrected chi connectivity index (χ2v) is 6.34. The number of nitrogens with one attached hydrogen (secondary N) is 1. The average molecular weight is 372 g/mol. The molecule has 0 radical (unpaired) electrons. The summed E-state index contributed by atoms with van der Waals surface area (Å²) in [5, 5.41) is 3.45. The molecule has 0 atom stereocenters. The van der Waals surface area contributed by atoms with E-state index < -0.39 is 0 Å². The molecule has 0 bridgehead atoms. The highest BCUT2D eigenvalue weighted by atomic mass is 79.9. The predicted molar refractivity (Wildman–Crippen MR) is 89.4 cm³/mol. The highest BCUT2D eigenvalue weighted by Gasteiger charge is 2.06. The van der Waals surface area contributed by atoms with E-state index in [4.69, 9.17) is 17.3 Å². The average Bonchev–Trinajstić information content (AvgIpc) is 2.40. The topological polar surface area (TPSA) is 55.1 Å². The van der Waals surface area contributed by atoms with Gasteiger partial charge in [-0.2, -0.15) is 0 Å². The Labute approximate surface area is 135 Å². The van der Waals surface area contributed by atoms with Crippen LogP contribution in [0.5, 0.6) is 0 Å². The molecule has 0 spiro atoms. The van der Waals surface area contributed by atoms with Gasteiger partial charge >= 0.3 is 0 Å². The molecule has 0 aromatic heterocycles. The largest absolute Gasteiger partial charge is 0.399 e. The zero-order valence-electron chi connectivity index (χ0n) is 10.4. The van der Waals surface area contributed by atoms with Crippen LogP contribution in [-0.2, 0) is 4.79 Å². The number of anilines is 2. The molecule has 1 amide bonds. The van der Waals surface area contributed by atoms with E-state index in [-0.39, 0.29) is 5.91 Å². The van der Waals surface area contributed by atoms with Gasteiger partial charge < -0.3 is 11.1 Å². The molecule has 2 rings (SSSR count). The number of amides is 1. The minimum atomic E-state index is -0.0685. The number of thioether (sulfide) groups is 1. The van der Waals surface area contributed by atoms with Crippen LogP contribution < -0.4 is 11.1 Å². The summed E-state index contributed by atoms with van der Waals surface area (Å²) in [6.45, 7) is 0. The zero-order valence-corrected chi connectivity index (χ0v) is 13.6. The van der Waals surface area contributed by atoms with Gasteiger partial charge in [0.2, 0.25) is 5.91 Å². The lowest BCUT2D eigenvalue weighted by Crippen LogP contribution is -2.13. The third-order valence-electron chi connectivity index (χ3n) is 2.44. The molecule has 0 aliphatic heterocycles. The Kier molecular flexibility index (Phi) is 5.34. The number of halogens is 2. The maximum atomic E-state index is 11.8. The lowest BCUT2D eigenvalue weighted by Gasteiger charge is -2.07. The third kappa shape index (κ3) is 4.44. The summed E-state index contributed by atoms with van der Waals surface area (Å²) in [4.78, 5) is 12.8. The van der Waals surface area contributed by atoms with Crippen LogP contribution in [0.25, 0.3) is 0 Å². The van der Waals surface area contributed by atoms with Crippen LogP contribution in [0.2, 0.25) is 5.02 Å². The second kappa shape index (κ2) is 7.02. The van der Waals surface area contributed by atoms with Crippen molar-refractivity contribution in [2.24, 2.45) is 0 Å². The molecule has 2 aromatic carbocycles. The smallest absolute Gasteiger partial charge is 0.234 e. The molecule has 20 heavy (non-hydrogen) atoms. The van der Waals surface area contributed by atoms with Crippen molar-refractivity contribution >= 4 is 56.6 Å². The van der Waals surface area contributed by atoms with Crippen molar-refractivity contribution in [1.82, 2.24) is 0 Å². The number of nitrogens with two attached hydrogens (primary N) is 1. The van der Waals surface area contributed by atoms with Crippen LogP contribution in [0.4, 0.5) is 11.4 Å². The number of carbonyl (C=O) groups is 1. The van der Waals surface area contributed by atoms with Crippen LogP contribution in [0.3, 0.4) is 0 Å². The van der Waals surface area contributed by atoms with Crippen LogP contribution in [0, 0.1) is 0 Å². The summed E-state index contributed by atoms with van der Waals surface area (Å²) < 4.78 is 0.891. The number of nitrogen functional groups attached to an aromatic ring is 1. The van der Waals surface area contributed by atoms with Gasteiger partial charge in [-0.15, -0.1) is 11.8 Å². The molecule has 6 heteroatoms. The van der Waals surface area contributed by atoms with Gasteiger partial charge in [-0.3, -0.25) is 4.79 Å². The quantitative estimate of drug-likeness (QED) is 0.618. The minimum absolute atomic E-state index is 0.0685. The fraction of sp³-hybridized carbons (Fsp3) is 0.0714. The molecule has 0 saturated carbocycles. The Bertz CT molecular complexity index is 619. The summed E-state index contributed by atoms with van der Waals surface area (Å²) in [7, 11) is 0. The van der Waals surface area contributed by atoms with E-state index in [2.05, 4.69) is 21.2 Å². The van der Waals surface area contributed by atoms with Crippen LogP contribution in [0.1, 0.15) is 0 Å². The number of hydrogen-bond donors (Lipinski definition) is 2. The van der Waals surface area contributed by atoms with E-state index in [1.54, 1.807) is 24.3 Å². The van der Waals surface area contributed by atoms with Gasteiger partial charge in [-0.1, -0.05) is 11.6 Å². The van der Waals surface area contributed by atoms with E-state index in [0.29, 0.717) is 16.5 Å². The molecule has 0 heterocycles. The molecule has 0 aliphatic rings. The maximum absolute atomic E-state index is 11.8. The van der Waals surface area contributed by atoms with E-state index in [1.165, 1.54) is 11.8 Å². The Morgan fingerprint density at radius 2 is 1.95 bits per heavy atom. The van der Waals surface area contributed by atoms with E-state index >= 15 is 0 Å². The predicted octanol–water partition coefficient (Wildman–Crippen LogP) is 4.42. The molecule has 0 unspecified atom stereocenters. The van der Waals surface area contributed by atoms with Crippen LogP contribution in [-0.4, -0.2) is 11.7 Å². The van der Waals surface area contributed by atoms with Crippen molar-refractivity contribution < 1.29 is 4.79 Å². The molecule has 3 nitrogen and oxygen atoms in total. The first-order chi connectivity index (χ1) is 9.54. The van der Waals surface area contributed by atoms with Crippen LogP contribution >= 0.6 is 39.3 Å². The Hall–Kier alpha value is -1.17. The summed E-state index contributed by atoms with van der Waals surface area (Å²) in [5.41, 5.74) is 7.09. The van der Waals surface area contributed by atoms with Crippen molar-refractivity contribution in [2.45, 2.75) is 4.90 Å². The van der Waals surface area contributed by atoms with Crippen LogP contribution in [0.15, 0.2) is 51.8 Å². The van der Waals surface area contributed by atoms with Gasteiger partial charge in [0.25, 0.3) is 0 Å². The summed E-state index contributed by atoms with van der Waals surface area (Å²) in [6, 6.07) is 12.5. The fourth-order valence-electron chi connectivity index (χ4n) is 1.51. The monoisotopic (exact) mass is 370 g/mol. The first-order valence-electron chi connectivity index (χ1n) is 5.78. The summed E-state index contributed by atoms with van der Waals surface area (Å²) >= 11 is 10.7.